The van der Waals surface area contributed by atoms with E-state index in [1.165, 1.54) is 0 Å². The molecule has 0 aliphatic carbocycles. The molecule has 1 rings (SSSR count). The second-order valence-electron chi connectivity index (χ2n) is 2.62. The van der Waals surface area contributed by atoms with E-state index >= 15 is 0 Å². The molecule has 0 aromatic heterocycles. The topological polar surface area (TPSA) is 29.1 Å². The summed E-state index contributed by atoms with van der Waals surface area (Å²) >= 11 is 0. The average Bonchev–Trinajstić information content (AvgIpc) is 2.15. The van der Waals surface area contributed by atoms with Crippen molar-refractivity contribution >= 4 is 35.5 Å². The van der Waals surface area contributed by atoms with E-state index in [4.69, 9.17) is 0 Å². The molecule has 0 saturated carbocycles. The summed E-state index contributed by atoms with van der Waals surface area (Å²) in [5.74, 6) is 0.0115. The molecule has 13 heavy (non-hydrogen) atoms. The van der Waals surface area contributed by atoms with Gasteiger partial charge in [0.1, 0.15) is 0 Å². The van der Waals surface area contributed by atoms with Gasteiger partial charge in [-0.1, -0.05) is 25.1 Å². The predicted molar refractivity (Wildman–Crippen MR) is 56.2 cm³/mol. The van der Waals surface area contributed by atoms with Crippen molar-refractivity contribution in [1.82, 2.24) is 5.32 Å². The van der Waals surface area contributed by atoms with Gasteiger partial charge in [0.2, 0.25) is 0 Å². The van der Waals surface area contributed by atoms with Crippen LogP contribution >= 0.6 is 0 Å². The Kier molecular flexibility index (Phi) is 6.96. The summed E-state index contributed by atoms with van der Waals surface area (Å²) in [6, 6.07) is 9.24. The summed E-state index contributed by atoms with van der Waals surface area (Å²) in [4.78, 5) is 11.3. The minimum atomic E-state index is 0. The van der Waals surface area contributed by atoms with Crippen LogP contribution in [0.25, 0.3) is 0 Å². The Morgan fingerprint density at radius 2 is 1.92 bits per heavy atom. The van der Waals surface area contributed by atoms with Gasteiger partial charge < -0.3 is 5.32 Å². The standard InChI is InChI=1S/C10H13NO.Na.H/c1-2-8-11-10(12)9-6-4-3-5-7-9;;/h3-7H,2,8H2,1H3,(H,11,12);;. The van der Waals surface area contributed by atoms with E-state index in [9.17, 15) is 4.79 Å². The van der Waals surface area contributed by atoms with E-state index < -0.39 is 0 Å². The van der Waals surface area contributed by atoms with E-state index in [-0.39, 0.29) is 35.5 Å². The van der Waals surface area contributed by atoms with E-state index in [0.717, 1.165) is 18.5 Å². The molecule has 1 aromatic rings. The minimum absolute atomic E-state index is 0. The molecule has 1 amide bonds. The molecule has 0 saturated heterocycles. The predicted octanol–water partition coefficient (Wildman–Crippen LogP) is 1.18. The molecule has 3 heteroatoms. The van der Waals surface area contributed by atoms with Crippen LogP contribution in [0.15, 0.2) is 30.3 Å². The molecule has 2 nitrogen and oxygen atoms in total. The third-order valence-corrected chi connectivity index (χ3v) is 1.57. The van der Waals surface area contributed by atoms with Gasteiger partial charge in [-0.2, -0.15) is 0 Å². The zero-order valence-electron chi connectivity index (χ0n) is 7.21. The molecule has 1 aromatic carbocycles. The molecule has 1 N–H and O–H groups in total. The van der Waals surface area contributed by atoms with Crippen LogP contribution in [-0.2, 0) is 0 Å². The van der Waals surface area contributed by atoms with Gasteiger partial charge in [0.25, 0.3) is 5.91 Å². The summed E-state index contributed by atoms with van der Waals surface area (Å²) in [5.41, 5.74) is 0.728. The summed E-state index contributed by atoms with van der Waals surface area (Å²) in [6.45, 7) is 2.78. The van der Waals surface area contributed by atoms with Gasteiger partial charge in [0.15, 0.2) is 0 Å². The number of amides is 1. The fourth-order valence-electron chi connectivity index (χ4n) is 0.930. The Labute approximate surface area is 101 Å². The van der Waals surface area contributed by atoms with Crippen molar-refractivity contribution in [2.24, 2.45) is 0 Å². The molecule has 0 unspecified atom stereocenters. The normalized spacial score (nSPS) is 8.69. The SMILES string of the molecule is CCCNC(=O)c1ccccc1.[NaH]. The van der Waals surface area contributed by atoms with E-state index in [1.54, 1.807) is 0 Å². The van der Waals surface area contributed by atoms with Crippen LogP contribution in [0.3, 0.4) is 0 Å². The van der Waals surface area contributed by atoms with Crippen LogP contribution in [-0.4, -0.2) is 42.0 Å². The van der Waals surface area contributed by atoms with Crippen molar-refractivity contribution in [2.45, 2.75) is 13.3 Å². The van der Waals surface area contributed by atoms with Crippen molar-refractivity contribution in [3.8, 4) is 0 Å². The third-order valence-electron chi connectivity index (χ3n) is 1.57. The van der Waals surface area contributed by atoms with Gasteiger partial charge in [-0.05, 0) is 18.6 Å². The van der Waals surface area contributed by atoms with Crippen LogP contribution in [0.4, 0.5) is 0 Å². The Balaban J connectivity index is 0.00000144. The maximum absolute atomic E-state index is 11.3. The molecule has 66 valence electrons. The third kappa shape index (κ3) is 4.46. The Hall–Kier alpha value is -0.310. The molecule has 0 radical (unpaired) electrons. The molecule has 0 aliphatic rings. The first-order valence-corrected chi connectivity index (χ1v) is 4.18. The second kappa shape index (κ2) is 7.13. The van der Waals surface area contributed by atoms with Crippen LogP contribution in [0, 0.1) is 0 Å². The Morgan fingerprint density at radius 3 is 2.46 bits per heavy atom. The van der Waals surface area contributed by atoms with E-state index in [1.807, 2.05) is 37.3 Å². The zero-order valence-corrected chi connectivity index (χ0v) is 7.21. The second-order valence-corrected chi connectivity index (χ2v) is 2.62. The number of carbonyl (C=O) groups is 1. The first-order chi connectivity index (χ1) is 5.84. The van der Waals surface area contributed by atoms with E-state index in [0.29, 0.717) is 0 Å². The molecular weight excluding hydrogens is 173 g/mol. The Morgan fingerprint density at radius 1 is 1.31 bits per heavy atom. The maximum atomic E-state index is 11.3. The summed E-state index contributed by atoms with van der Waals surface area (Å²) < 4.78 is 0. The first kappa shape index (κ1) is 12.7. The summed E-state index contributed by atoms with van der Waals surface area (Å²) in [7, 11) is 0. The fraction of sp³-hybridized carbons (Fsp3) is 0.300. The summed E-state index contributed by atoms with van der Waals surface area (Å²) in [6.07, 6.45) is 0.971. The van der Waals surface area contributed by atoms with Crippen molar-refractivity contribution < 1.29 is 4.79 Å². The van der Waals surface area contributed by atoms with Crippen molar-refractivity contribution in [1.29, 1.82) is 0 Å². The summed E-state index contributed by atoms with van der Waals surface area (Å²) in [5, 5.41) is 2.81. The van der Waals surface area contributed by atoms with Gasteiger partial charge in [0.05, 0.1) is 0 Å². The zero-order chi connectivity index (χ0) is 8.81. The first-order valence-electron chi connectivity index (χ1n) is 4.18. The van der Waals surface area contributed by atoms with Crippen molar-refractivity contribution in [3.63, 3.8) is 0 Å². The number of nitrogens with one attached hydrogen (secondary N) is 1. The number of hydrogen-bond acceptors (Lipinski definition) is 1. The van der Waals surface area contributed by atoms with Gasteiger partial charge in [-0.3, -0.25) is 4.79 Å². The van der Waals surface area contributed by atoms with Crippen LogP contribution < -0.4 is 5.32 Å². The molecule has 0 fully saturated rings. The number of carbonyl (C=O) groups excluding carboxylic acids is 1. The number of rotatable bonds is 3. The molecule has 0 spiro atoms. The molecule has 0 bridgehead atoms. The molecule has 0 heterocycles. The van der Waals surface area contributed by atoms with Crippen LogP contribution in [0.5, 0.6) is 0 Å². The average molecular weight is 187 g/mol. The monoisotopic (exact) mass is 187 g/mol. The van der Waals surface area contributed by atoms with Gasteiger partial charge in [-0.25, -0.2) is 0 Å². The van der Waals surface area contributed by atoms with Crippen LogP contribution in [0.1, 0.15) is 23.7 Å². The van der Waals surface area contributed by atoms with Gasteiger partial charge in [-0.15, -0.1) is 0 Å². The van der Waals surface area contributed by atoms with Gasteiger partial charge >= 0.3 is 29.6 Å². The Bertz CT molecular complexity index is 248. The molecule has 0 atom stereocenters. The van der Waals surface area contributed by atoms with Crippen LogP contribution in [0.2, 0.25) is 0 Å². The number of hydrogen-bond donors (Lipinski definition) is 1. The van der Waals surface area contributed by atoms with Gasteiger partial charge in [0, 0.05) is 12.1 Å². The van der Waals surface area contributed by atoms with Crippen molar-refractivity contribution in [2.75, 3.05) is 6.54 Å². The number of benzene rings is 1. The molecule has 0 aliphatic heterocycles. The van der Waals surface area contributed by atoms with Crippen molar-refractivity contribution in [3.05, 3.63) is 35.9 Å². The van der Waals surface area contributed by atoms with E-state index in [2.05, 4.69) is 5.32 Å². The quantitative estimate of drug-likeness (QED) is 0.707. The molecular formula is C10H14NNaO. The fourth-order valence-corrected chi connectivity index (χ4v) is 0.930.